The molecule has 0 bridgehead atoms. The van der Waals surface area contributed by atoms with Crippen molar-refractivity contribution in [2.45, 2.75) is 6.92 Å². The number of halogens is 3. The van der Waals surface area contributed by atoms with Crippen LogP contribution in [0.15, 0.2) is 18.2 Å². The van der Waals surface area contributed by atoms with Gasteiger partial charge in [0.1, 0.15) is 28.0 Å². The van der Waals surface area contributed by atoms with Gasteiger partial charge in [-0.25, -0.2) is 18.0 Å². The number of carbonyl (C=O) groups excluding carboxylic acids is 1. The first-order valence-electron chi connectivity index (χ1n) is 5.59. The molecule has 0 aliphatic carbocycles. The van der Waals surface area contributed by atoms with Gasteiger partial charge in [0.25, 0.3) is 5.91 Å². The van der Waals surface area contributed by atoms with Crippen molar-refractivity contribution >= 4 is 28.2 Å². The monoisotopic (exact) mass is 315 g/mol. The molecule has 2 aromatic rings. The highest BCUT2D eigenvalue weighted by molar-refractivity contribution is 7.16. The number of thiophene rings is 1. The summed E-state index contributed by atoms with van der Waals surface area (Å²) in [6.07, 6.45) is 0. The van der Waals surface area contributed by atoms with Gasteiger partial charge in [-0.2, -0.15) is 0 Å². The second-order valence-corrected chi connectivity index (χ2v) is 5.36. The SMILES string of the molecule is Cc1cc(C(=O)O)c(NC(=O)c2c(F)cc(F)cc2F)s1. The van der Waals surface area contributed by atoms with E-state index >= 15 is 0 Å². The van der Waals surface area contributed by atoms with Gasteiger partial charge in [-0.05, 0) is 13.0 Å². The molecule has 0 unspecified atom stereocenters. The van der Waals surface area contributed by atoms with Crippen molar-refractivity contribution in [2.75, 3.05) is 5.32 Å². The summed E-state index contributed by atoms with van der Waals surface area (Å²) in [7, 11) is 0. The van der Waals surface area contributed by atoms with Crippen LogP contribution in [0.3, 0.4) is 0 Å². The normalized spacial score (nSPS) is 10.5. The maximum Gasteiger partial charge on any atom is 0.338 e. The lowest BCUT2D eigenvalue weighted by Gasteiger charge is -2.06. The molecule has 1 aromatic heterocycles. The van der Waals surface area contributed by atoms with Crippen LogP contribution < -0.4 is 5.32 Å². The number of benzene rings is 1. The highest BCUT2D eigenvalue weighted by Crippen LogP contribution is 2.28. The first-order chi connectivity index (χ1) is 9.79. The van der Waals surface area contributed by atoms with Crippen molar-refractivity contribution < 1.29 is 27.9 Å². The van der Waals surface area contributed by atoms with E-state index in [-0.39, 0.29) is 10.6 Å². The lowest BCUT2D eigenvalue weighted by molar-refractivity contribution is 0.0698. The number of carbonyl (C=O) groups is 2. The van der Waals surface area contributed by atoms with Crippen molar-refractivity contribution in [1.82, 2.24) is 0 Å². The zero-order valence-corrected chi connectivity index (χ0v) is 11.4. The third-order valence-corrected chi connectivity index (χ3v) is 3.51. The number of anilines is 1. The van der Waals surface area contributed by atoms with Gasteiger partial charge in [-0.1, -0.05) is 0 Å². The van der Waals surface area contributed by atoms with Gasteiger partial charge in [0.2, 0.25) is 0 Å². The first kappa shape index (κ1) is 15.0. The zero-order chi connectivity index (χ0) is 15.7. The molecule has 2 rings (SSSR count). The summed E-state index contributed by atoms with van der Waals surface area (Å²) in [6, 6.07) is 2.06. The fraction of sp³-hybridized carbons (Fsp3) is 0.0769. The number of hydrogen-bond donors (Lipinski definition) is 2. The fourth-order valence-corrected chi connectivity index (χ4v) is 2.59. The second kappa shape index (κ2) is 5.57. The van der Waals surface area contributed by atoms with Crippen molar-refractivity contribution in [3.05, 3.63) is 51.7 Å². The van der Waals surface area contributed by atoms with Gasteiger partial charge in [0.05, 0.1) is 5.56 Å². The van der Waals surface area contributed by atoms with Crippen LogP contribution in [0.2, 0.25) is 0 Å². The van der Waals surface area contributed by atoms with E-state index in [2.05, 4.69) is 5.32 Å². The molecule has 1 amide bonds. The minimum Gasteiger partial charge on any atom is -0.478 e. The Balaban J connectivity index is 2.37. The Labute approximate surface area is 120 Å². The smallest absolute Gasteiger partial charge is 0.338 e. The van der Waals surface area contributed by atoms with Gasteiger partial charge < -0.3 is 10.4 Å². The predicted molar refractivity (Wildman–Crippen MR) is 70.3 cm³/mol. The Bertz CT molecular complexity index is 719. The molecule has 0 atom stereocenters. The zero-order valence-electron chi connectivity index (χ0n) is 10.5. The van der Waals surface area contributed by atoms with Gasteiger partial charge in [-0.3, -0.25) is 4.79 Å². The minimum absolute atomic E-state index is 0.0480. The van der Waals surface area contributed by atoms with E-state index in [0.717, 1.165) is 11.3 Å². The maximum absolute atomic E-state index is 13.5. The summed E-state index contributed by atoms with van der Waals surface area (Å²) in [5, 5.41) is 11.0. The summed E-state index contributed by atoms with van der Waals surface area (Å²) in [5.74, 6) is -6.35. The number of aromatic carboxylic acids is 1. The molecule has 21 heavy (non-hydrogen) atoms. The Morgan fingerprint density at radius 1 is 1.14 bits per heavy atom. The molecule has 0 saturated heterocycles. The summed E-state index contributed by atoms with van der Waals surface area (Å²) < 4.78 is 39.7. The summed E-state index contributed by atoms with van der Waals surface area (Å²) >= 11 is 0.949. The molecule has 1 aromatic carbocycles. The number of nitrogens with one attached hydrogen (secondary N) is 1. The average Bonchev–Trinajstić information content (AvgIpc) is 2.68. The van der Waals surface area contributed by atoms with E-state index in [9.17, 15) is 22.8 Å². The quantitative estimate of drug-likeness (QED) is 0.912. The highest BCUT2D eigenvalue weighted by Gasteiger charge is 2.22. The molecule has 0 saturated carbocycles. The Morgan fingerprint density at radius 3 is 2.24 bits per heavy atom. The number of hydrogen-bond acceptors (Lipinski definition) is 3. The van der Waals surface area contributed by atoms with Crippen LogP contribution in [0.5, 0.6) is 0 Å². The second-order valence-electron chi connectivity index (χ2n) is 4.10. The lowest BCUT2D eigenvalue weighted by atomic mass is 10.1. The number of rotatable bonds is 3. The largest absolute Gasteiger partial charge is 0.478 e. The average molecular weight is 315 g/mol. The predicted octanol–water partition coefficient (Wildman–Crippen LogP) is 3.42. The van der Waals surface area contributed by atoms with Crippen molar-refractivity contribution in [3.8, 4) is 0 Å². The van der Waals surface area contributed by atoms with Gasteiger partial charge in [0.15, 0.2) is 0 Å². The number of carboxylic acid groups (broad SMARTS) is 1. The van der Waals surface area contributed by atoms with E-state index in [1.54, 1.807) is 6.92 Å². The molecule has 0 aliphatic heterocycles. The number of aryl methyl sites for hydroxylation is 1. The van der Waals surface area contributed by atoms with Crippen molar-refractivity contribution in [2.24, 2.45) is 0 Å². The van der Waals surface area contributed by atoms with Crippen LogP contribution in [0.4, 0.5) is 18.2 Å². The van der Waals surface area contributed by atoms with E-state index in [1.807, 2.05) is 0 Å². The molecule has 0 radical (unpaired) electrons. The number of carboxylic acids is 1. The third kappa shape index (κ3) is 3.05. The molecule has 110 valence electrons. The molecule has 0 spiro atoms. The standard InChI is InChI=1S/C13H8F3NO3S/c1-5-2-7(13(19)20)12(21-5)17-11(18)10-8(15)3-6(14)4-9(10)16/h2-4H,1H3,(H,17,18)(H,19,20). The van der Waals surface area contributed by atoms with Crippen LogP contribution in [-0.2, 0) is 0 Å². The van der Waals surface area contributed by atoms with E-state index in [1.165, 1.54) is 6.07 Å². The summed E-state index contributed by atoms with van der Waals surface area (Å²) in [5.41, 5.74) is -1.16. The van der Waals surface area contributed by atoms with Crippen LogP contribution in [0.1, 0.15) is 25.6 Å². The molecular weight excluding hydrogens is 307 g/mol. The van der Waals surface area contributed by atoms with Crippen LogP contribution in [-0.4, -0.2) is 17.0 Å². The van der Waals surface area contributed by atoms with Crippen LogP contribution in [0.25, 0.3) is 0 Å². The van der Waals surface area contributed by atoms with Crippen LogP contribution in [0, 0.1) is 24.4 Å². The summed E-state index contributed by atoms with van der Waals surface area (Å²) in [6.45, 7) is 1.62. The maximum atomic E-state index is 13.5. The van der Waals surface area contributed by atoms with Gasteiger partial charge in [0, 0.05) is 17.0 Å². The number of amides is 1. The van der Waals surface area contributed by atoms with Crippen molar-refractivity contribution in [3.63, 3.8) is 0 Å². The fourth-order valence-electron chi connectivity index (χ4n) is 1.69. The summed E-state index contributed by atoms with van der Waals surface area (Å²) in [4.78, 5) is 23.4. The molecule has 0 fully saturated rings. The van der Waals surface area contributed by atoms with E-state index < -0.39 is 34.9 Å². The first-order valence-corrected chi connectivity index (χ1v) is 6.41. The molecule has 4 nitrogen and oxygen atoms in total. The van der Waals surface area contributed by atoms with Crippen molar-refractivity contribution in [1.29, 1.82) is 0 Å². The highest BCUT2D eigenvalue weighted by atomic mass is 32.1. The molecular formula is C13H8F3NO3S. The molecule has 0 aliphatic rings. The molecule has 1 heterocycles. The molecule has 2 N–H and O–H groups in total. The van der Waals surface area contributed by atoms with Gasteiger partial charge in [-0.15, -0.1) is 11.3 Å². The van der Waals surface area contributed by atoms with E-state index in [0.29, 0.717) is 17.0 Å². The van der Waals surface area contributed by atoms with E-state index in [4.69, 9.17) is 5.11 Å². The van der Waals surface area contributed by atoms with Crippen LogP contribution >= 0.6 is 11.3 Å². The Hall–Kier alpha value is -2.35. The van der Waals surface area contributed by atoms with Gasteiger partial charge >= 0.3 is 5.97 Å². The Kier molecular flexibility index (Phi) is 3.99. The molecule has 8 heteroatoms. The minimum atomic E-state index is -1.37. The lowest BCUT2D eigenvalue weighted by Crippen LogP contribution is -2.17. The Morgan fingerprint density at radius 2 is 1.71 bits per heavy atom. The topological polar surface area (TPSA) is 66.4 Å². The third-order valence-electron chi connectivity index (χ3n) is 2.55.